The van der Waals surface area contributed by atoms with Crippen LogP contribution in [0.15, 0.2) is 54.6 Å². The maximum Gasteiger partial charge on any atom is 0.219 e. The first-order valence-electron chi connectivity index (χ1n) is 10.4. The molecule has 0 spiro atoms. The number of nitrogens with zero attached hydrogens (tertiary/aromatic N) is 1. The number of hydrogen-bond donors (Lipinski definition) is 1. The minimum atomic E-state index is 0.207. The molecule has 2 aromatic carbocycles. The number of hydrogen-bond acceptors (Lipinski definition) is 2. The van der Waals surface area contributed by atoms with Crippen LogP contribution in [-0.2, 0) is 24.3 Å². The van der Waals surface area contributed by atoms with Crippen molar-refractivity contribution in [2.24, 2.45) is 0 Å². The Morgan fingerprint density at radius 1 is 0.815 bits per heavy atom. The fourth-order valence-electron chi connectivity index (χ4n) is 3.79. The monoisotopic (exact) mass is 364 g/mol. The predicted octanol–water partition coefficient (Wildman–Crippen LogP) is 4.70. The number of rotatable bonds is 11. The smallest absolute Gasteiger partial charge is 0.219 e. The maximum absolute atomic E-state index is 11.9. The number of unbranched alkanes of at least 4 members (excludes halogenated alkanes) is 3. The van der Waals surface area contributed by atoms with Crippen LogP contribution in [0, 0.1) is 0 Å². The molecule has 1 aliphatic rings. The molecule has 0 fully saturated rings. The number of amides is 1. The van der Waals surface area contributed by atoms with Gasteiger partial charge in [0.15, 0.2) is 0 Å². The van der Waals surface area contributed by atoms with Gasteiger partial charge in [-0.1, -0.05) is 67.4 Å². The number of benzene rings is 2. The molecule has 27 heavy (non-hydrogen) atoms. The number of carbonyl (C=O) groups is 1. The Hall–Kier alpha value is -2.13. The van der Waals surface area contributed by atoms with Gasteiger partial charge in [-0.05, 0) is 48.9 Å². The molecule has 0 aromatic heterocycles. The van der Waals surface area contributed by atoms with E-state index in [2.05, 4.69) is 58.7 Å². The Bertz CT molecular complexity index is 674. The summed E-state index contributed by atoms with van der Waals surface area (Å²) in [6.07, 6.45) is 7.31. The van der Waals surface area contributed by atoms with Crippen molar-refractivity contribution in [3.05, 3.63) is 71.3 Å². The summed E-state index contributed by atoms with van der Waals surface area (Å²) in [6, 6.07) is 19.2. The molecule has 1 amide bonds. The van der Waals surface area contributed by atoms with Crippen molar-refractivity contribution >= 4 is 5.91 Å². The quantitative estimate of drug-likeness (QED) is 0.586. The highest BCUT2D eigenvalue weighted by atomic mass is 16.1. The molecule has 3 heteroatoms. The van der Waals surface area contributed by atoms with E-state index in [4.69, 9.17) is 0 Å². The van der Waals surface area contributed by atoms with E-state index in [1.54, 1.807) is 0 Å². The average molecular weight is 365 g/mol. The van der Waals surface area contributed by atoms with Gasteiger partial charge in [-0.15, -0.1) is 0 Å². The summed E-state index contributed by atoms with van der Waals surface area (Å²) >= 11 is 0. The molecule has 3 rings (SSSR count). The first-order chi connectivity index (χ1) is 13.3. The largest absolute Gasteiger partial charge is 0.356 e. The molecular weight excluding hydrogens is 332 g/mol. The van der Waals surface area contributed by atoms with Gasteiger partial charge in [0.1, 0.15) is 0 Å². The number of carbonyl (C=O) groups excluding carboxylic acids is 1. The summed E-state index contributed by atoms with van der Waals surface area (Å²) in [5.74, 6) is 0.207. The van der Waals surface area contributed by atoms with E-state index in [0.29, 0.717) is 6.42 Å². The van der Waals surface area contributed by atoms with Gasteiger partial charge in [0.05, 0.1) is 0 Å². The molecule has 0 bridgehead atoms. The average Bonchev–Trinajstić information content (AvgIpc) is 3.11. The van der Waals surface area contributed by atoms with E-state index in [-0.39, 0.29) is 5.91 Å². The fourth-order valence-corrected chi connectivity index (χ4v) is 3.79. The third-order valence-electron chi connectivity index (χ3n) is 5.34. The van der Waals surface area contributed by atoms with Crippen molar-refractivity contribution in [3.63, 3.8) is 0 Å². The van der Waals surface area contributed by atoms with Gasteiger partial charge in [-0.2, -0.15) is 0 Å². The van der Waals surface area contributed by atoms with E-state index >= 15 is 0 Å². The van der Waals surface area contributed by atoms with Crippen molar-refractivity contribution in [1.82, 2.24) is 10.2 Å². The lowest BCUT2D eigenvalue weighted by Crippen LogP contribution is -2.24. The van der Waals surface area contributed by atoms with Crippen molar-refractivity contribution in [2.75, 3.05) is 13.1 Å². The van der Waals surface area contributed by atoms with E-state index < -0.39 is 0 Å². The number of nitrogens with one attached hydrogen (secondary N) is 1. The standard InChI is InChI=1S/C24H32N2O/c27-24(25-17-10-13-21-11-4-3-5-12-21)16-6-1-2-9-18-26-19-22-14-7-8-15-23(22)20-26/h3-5,7-8,11-12,14-15H,1-2,6,9-10,13,16-20H2,(H,25,27). The zero-order chi connectivity index (χ0) is 18.7. The normalized spacial score (nSPS) is 13.5. The zero-order valence-corrected chi connectivity index (χ0v) is 16.3. The van der Waals surface area contributed by atoms with Crippen LogP contribution in [0.1, 0.15) is 55.2 Å². The van der Waals surface area contributed by atoms with Gasteiger partial charge >= 0.3 is 0 Å². The third-order valence-corrected chi connectivity index (χ3v) is 5.34. The van der Waals surface area contributed by atoms with Crippen LogP contribution in [0.4, 0.5) is 0 Å². The van der Waals surface area contributed by atoms with Crippen molar-refractivity contribution < 1.29 is 4.79 Å². The topological polar surface area (TPSA) is 32.3 Å². The molecule has 0 radical (unpaired) electrons. The highest BCUT2D eigenvalue weighted by molar-refractivity contribution is 5.75. The summed E-state index contributed by atoms with van der Waals surface area (Å²) in [5, 5.41) is 3.05. The molecule has 0 saturated heterocycles. The lowest BCUT2D eigenvalue weighted by atomic mass is 10.1. The second-order valence-corrected chi connectivity index (χ2v) is 7.58. The van der Waals surface area contributed by atoms with Gasteiger partial charge in [0, 0.05) is 26.1 Å². The fraction of sp³-hybridized carbons (Fsp3) is 0.458. The van der Waals surface area contributed by atoms with Crippen LogP contribution in [0.25, 0.3) is 0 Å². The second-order valence-electron chi connectivity index (χ2n) is 7.58. The van der Waals surface area contributed by atoms with Crippen LogP contribution >= 0.6 is 0 Å². The van der Waals surface area contributed by atoms with E-state index in [1.165, 1.54) is 36.1 Å². The lowest BCUT2D eigenvalue weighted by Gasteiger charge is -2.14. The van der Waals surface area contributed by atoms with Crippen molar-refractivity contribution in [2.45, 2.75) is 58.0 Å². The molecule has 1 N–H and O–H groups in total. The van der Waals surface area contributed by atoms with E-state index in [1.807, 2.05) is 6.07 Å². The number of aryl methyl sites for hydroxylation is 1. The molecule has 0 atom stereocenters. The van der Waals surface area contributed by atoms with E-state index in [9.17, 15) is 4.79 Å². The second kappa shape index (κ2) is 10.9. The van der Waals surface area contributed by atoms with Crippen LogP contribution in [0.5, 0.6) is 0 Å². The minimum absolute atomic E-state index is 0.207. The molecular formula is C24H32N2O. The summed E-state index contributed by atoms with van der Waals surface area (Å²) in [6.45, 7) is 4.15. The molecule has 0 unspecified atom stereocenters. The summed E-state index contributed by atoms with van der Waals surface area (Å²) in [7, 11) is 0. The Morgan fingerprint density at radius 2 is 1.48 bits per heavy atom. The van der Waals surface area contributed by atoms with Gasteiger partial charge < -0.3 is 5.32 Å². The molecule has 0 aliphatic carbocycles. The minimum Gasteiger partial charge on any atom is -0.356 e. The summed E-state index contributed by atoms with van der Waals surface area (Å²) in [4.78, 5) is 14.4. The van der Waals surface area contributed by atoms with Crippen LogP contribution in [0.3, 0.4) is 0 Å². The molecule has 144 valence electrons. The Balaban J connectivity index is 1.15. The Labute approximate surface area is 163 Å². The van der Waals surface area contributed by atoms with Gasteiger partial charge in [0.2, 0.25) is 5.91 Å². The summed E-state index contributed by atoms with van der Waals surface area (Å²) in [5.41, 5.74) is 4.32. The number of fused-ring (bicyclic) bond motifs is 1. The first kappa shape index (κ1) is 19.6. The van der Waals surface area contributed by atoms with Crippen LogP contribution in [-0.4, -0.2) is 23.9 Å². The third kappa shape index (κ3) is 6.84. The van der Waals surface area contributed by atoms with Gasteiger partial charge in [0.25, 0.3) is 0 Å². The van der Waals surface area contributed by atoms with Crippen molar-refractivity contribution in [1.29, 1.82) is 0 Å². The maximum atomic E-state index is 11.9. The molecule has 0 saturated carbocycles. The van der Waals surface area contributed by atoms with Crippen molar-refractivity contribution in [3.8, 4) is 0 Å². The lowest BCUT2D eigenvalue weighted by molar-refractivity contribution is -0.121. The highest BCUT2D eigenvalue weighted by Crippen LogP contribution is 2.22. The van der Waals surface area contributed by atoms with Crippen LogP contribution < -0.4 is 5.32 Å². The first-order valence-corrected chi connectivity index (χ1v) is 10.4. The molecule has 2 aromatic rings. The van der Waals surface area contributed by atoms with Gasteiger partial charge in [-0.25, -0.2) is 0 Å². The molecule has 3 nitrogen and oxygen atoms in total. The Kier molecular flexibility index (Phi) is 7.91. The zero-order valence-electron chi connectivity index (χ0n) is 16.3. The SMILES string of the molecule is O=C(CCCCCCN1Cc2ccccc2C1)NCCCc1ccccc1. The molecule has 1 aliphatic heterocycles. The van der Waals surface area contributed by atoms with Crippen LogP contribution in [0.2, 0.25) is 0 Å². The predicted molar refractivity (Wildman–Crippen MR) is 111 cm³/mol. The van der Waals surface area contributed by atoms with Gasteiger partial charge in [-0.3, -0.25) is 9.69 Å². The highest BCUT2D eigenvalue weighted by Gasteiger charge is 2.17. The Morgan fingerprint density at radius 3 is 2.22 bits per heavy atom. The summed E-state index contributed by atoms with van der Waals surface area (Å²) < 4.78 is 0. The van der Waals surface area contributed by atoms with E-state index in [0.717, 1.165) is 45.3 Å². The molecule has 1 heterocycles.